The third-order valence-corrected chi connectivity index (χ3v) is 2.90. The molecule has 17 heavy (non-hydrogen) atoms. The summed E-state index contributed by atoms with van der Waals surface area (Å²) in [6.45, 7) is 6.33. The highest BCUT2D eigenvalue weighted by molar-refractivity contribution is 5.85. The van der Waals surface area contributed by atoms with Crippen molar-refractivity contribution in [3.05, 3.63) is 0 Å². The summed E-state index contributed by atoms with van der Waals surface area (Å²) in [5.74, 6) is 0.235. The number of rotatable bonds is 6. The maximum atomic E-state index is 11.9. The topological polar surface area (TPSA) is 41.6 Å². The van der Waals surface area contributed by atoms with Crippen LogP contribution in [-0.2, 0) is 9.53 Å². The molecule has 4 nitrogen and oxygen atoms in total. The zero-order valence-corrected chi connectivity index (χ0v) is 11.9. The summed E-state index contributed by atoms with van der Waals surface area (Å²) in [4.78, 5) is 13.9. The van der Waals surface area contributed by atoms with E-state index in [-0.39, 0.29) is 24.4 Å². The molecule has 1 fully saturated rings. The van der Waals surface area contributed by atoms with Crippen molar-refractivity contribution in [3.63, 3.8) is 0 Å². The van der Waals surface area contributed by atoms with Crippen molar-refractivity contribution in [3.8, 4) is 0 Å². The standard InChI is InChI=1S/C12H24N2O2.ClH/c1-10(2)16-8-6-12(15)14-7-4-5-11(14)9-13-3;/h10-11,13H,4-9H2,1-3H3;1H. The number of carbonyl (C=O) groups is 1. The van der Waals surface area contributed by atoms with Crippen molar-refractivity contribution >= 4 is 18.3 Å². The van der Waals surface area contributed by atoms with E-state index in [2.05, 4.69) is 5.32 Å². The molecule has 0 aromatic heterocycles. The van der Waals surface area contributed by atoms with Crippen molar-refractivity contribution in [1.29, 1.82) is 0 Å². The Kier molecular flexibility index (Phi) is 8.56. The van der Waals surface area contributed by atoms with Gasteiger partial charge in [-0.25, -0.2) is 0 Å². The van der Waals surface area contributed by atoms with E-state index in [0.29, 0.717) is 19.1 Å². The second kappa shape index (κ2) is 8.72. The number of halogens is 1. The summed E-state index contributed by atoms with van der Waals surface area (Å²) >= 11 is 0. The first-order chi connectivity index (χ1) is 7.65. The van der Waals surface area contributed by atoms with Gasteiger partial charge in [-0.15, -0.1) is 12.4 Å². The van der Waals surface area contributed by atoms with E-state index in [1.807, 2.05) is 25.8 Å². The van der Waals surface area contributed by atoms with Gasteiger partial charge >= 0.3 is 0 Å². The van der Waals surface area contributed by atoms with Crippen molar-refractivity contribution in [1.82, 2.24) is 10.2 Å². The van der Waals surface area contributed by atoms with Gasteiger partial charge < -0.3 is 15.0 Å². The molecule has 1 unspecified atom stereocenters. The van der Waals surface area contributed by atoms with E-state index in [1.165, 1.54) is 0 Å². The quantitative estimate of drug-likeness (QED) is 0.789. The molecule has 0 radical (unpaired) electrons. The third kappa shape index (κ3) is 5.70. The van der Waals surface area contributed by atoms with Gasteiger partial charge in [-0.3, -0.25) is 4.79 Å². The van der Waals surface area contributed by atoms with Crippen molar-refractivity contribution < 1.29 is 9.53 Å². The van der Waals surface area contributed by atoms with Gasteiger partial charge in [0.05, 0.1) is 19.1 Å². The number of hydrogen-bond donors (Lipinski definition) is 1. The van der Waals surface area contributed by atoms with E-state index in [4.69, 9.17) is 4.74 Å². The number of amides is 1. The Labute approximate surface area is 110 Å². The Bertz CT molecular complexity index is 225. The van der Waals surface area contributed by atoms with E-state index in [1.54, 1.807) is 0 Å². The minimum absolute atomic E-state index is 0. The lowest BCUT2D eigenvalue weighted by molar-refractivity contribution is -0.133. The van der Waals surface area contributed by atoms with Crippen LogP contribution in [0, 0.1) is 0 Å². The normalized spacial score (nSPS) is 19.5. The summed E-state index contributed by atoms with van der Waals surface area (Å²) in [5.41, 5.74) is 0. The van der Waals surface area contributed by atoms with Crippen LogP contribution < -0.4 is 5.32 Å². The molecular formula is C12H25ClN2O2. The molecule has 1 aliphatic heterocycles. The summed E-state index contributed by atoms with van der Waals surface area (Å²) in [5, 5.41) is 3.14. The number of carbonyl (C=O) groups excluding carboxylic acids is 1. The zero-order chi connectivity index (χ0) is 12.0. The van der Waals surface area contributed by atoms with Crippen LogP contribution in [0.1, 0.15) is 33.1 Å². The van der Waals surface area contributed by atoms with Crippen LogP contribution in [0.15, 0.2) is 0 Å². The van der Waals surface area contributed by atoms with Gasteiger partial charge in [0, 0.05) is 19.1 Å². The number of nitrogens with one attached hydrogen (secondary N) is 1. The van der Waals surface area contributed by atoms with E-state index in [9.17, 15) is 4.79 Å². The highest BCUT2D eigenvalue weighted by Gasteiger charge is 2.27. The SMILES string of the molecule is CNCC1CCCN1C(=O)CCOC(C)C.Cl. The molecule has 5 heteroatoms. The fraction of sp³-hybridized carbons (Fsp3) is 0.917. The third-order valence-electron chi connectivity index (χ3n) is 2.90. The first kappa shape index (κ1) is 16.7. The maximum Gasteiger partial charge on any atom is 0.225 e. The van der Waals surface area contributed by atoms with Crippen LogP contribution in [0.2, 0.25) is 0 Å². The molecule has 0 bridgehead atoms. The average Bonchev–Trinajstić information content (AvgIpc) is 2.66. The average molecular weight is 265 g/mol. The van der Waals surface area contributed by atoms with Gasteiger partial charge in [-0.2, -0.15) is 0 Å². The van der Waals surface area contributed by atoms with Crippen molar-refractivity contribution in [2.45, 2.75) is 45.3 Å². The minimum atomic E-state index is 0. The second-order valence-electron chi connectivity index (χ2n) is 4.61. The molecule has 1 N–H and O–H groups in total. The first-order valence-corrected chi connectivity index (χ1v) is 6.20. The zero-order valence-electron chi connectivity index (χ0n) is 11.1. The van der Waals surface area contributed by atoms with Gasteiger partial charge in [0.15, 0.2) is 0 Å². The molecule has 0 aromatic rings. The number of likely N-dealkylation sites (N-methyl/N-ethyl adjacent to an activating group) is 1. The van der Waals surface area contributed by atoms with Gasteiger partial charge in [0.25, 0.3) is 0 Å². The highest BCUT2D eigenvalue weighted by atomic mass is 35.5. The van der Waals surface area contributed by atoms with Gasteiger partial charge in [-0.05, 0) is 33.7 Å². The Balaban J connectivity index is 0.00000256. The molecule has 1 rings (SSSR count). The Morgan fingerprint density at radius 1 is 1.53 bits per heavy atom. The summed E-state index contributed by atoms with van der Waals surface area (Å²) in [6, 6.07) is 0.386. The Morgan fingerprint density at radius 3 is 2.82 bits per heavy atom. The summed E-state index contributed by atoms with van der Waals surface area (Å²) in [6.07, 6.45) is 2.97. The number of nitrogens with zero attached hydrogens (tertiary/aromatic N) is 1. The molecule has 1 saturated heterocycles. The fourth-order valence-corrected chi connectivity index (χ4v) is 2.14. The summed E-state index contributed by atoms with van der Waals surface area (Å²) < 4.78 is 5.40. The van der Waals surface area contributed by atoms with Crippen LogP contribution in [-0.4, -0.2) is 49.7 Å². The van der Waals surface area contributed by atoms with Crippen LogP contribution >= 0.6 is 12.4 Å². The summed E-state index contributed by atoms with van der Waals surface area (Å²) in [7, 11) is 1.93. The van der Waals surface area contributed by atoms with Crippen molar-refractivity contribution in [2.24, 2.45) is 0 Å². The largest absolute Gasteiger partial charge is 0.378 e. The highest BCUT2D eigenvalue weighted by Crippen LogP contribution is 2.17. The van der Waals surface area contributed by atoms with Crippen molar-refractivity contribution in [2.75, 3.05) is 26.7 Å². The lowest BCUT2D eigenvalue weighted by Gasteiger charge is -2.24. The predicted molar refractivity (Wildman–Crippen MR) is 71.6 cm³/mol. The minimum Gasteiger partial charge on any atom is -0.378 e. The molecule has 0 aliphatic carbocycles. The fourth-order valence-electron chi connectivity index (χ4n) is 2.14. The van der Waals surface area contributed by atoms with Crippen LogP contribution in [0.25, 0.3) is 0 Å². The number of ether oxygens (including phenoxy) is 1. The number of hydrogen-bond acceptors (Lipinski definition) is 3. The van der Waals surface area contributed by atoms with Crippen LogP contribution in [0.5, 0.6) is 0 Å². The molecule has 0 saturated carbocycles. The number of likely N-dealkylation sites (tertiary alicyclic amines) is 1. The Hall–Kier alpha value is -0.320. The molecule has 0 spiro atoms. The second-order valence-corrected chi connectivity index (χ2v) is 4.61. The smallest absolute Gasteiger partial charge is 0.225 e. The van der Waals surface area contributed by atoms with E-state index in [0.717, 1.165) is 25.9 Å². The molecular weight excluding hydrogens is 240 g/mol. The molecule has 1 aliphatic rings. The Morgan fingerprint density at radius 2 is 2.24 bits per heavy atom. The molecule has 0 aromatic carbocycles. The van der Waals surface area contributed by atoms with E-state index >= 15 is 0 Å². The predicted octanol–water partition coefficient (Wildman–Crippen LogP) is 1.43. The molecule has 1 heterocycles. The van der Waals surface area contributed by atoms with Gasteiger partial charge in [0.1, 0.15) is 0 Å². The molecule has 1 atom stereocenters. The van der Waals surface area contributed by atoms with Gasteiger partial charge in [0.2, 0.25) is 5.91 Å². The van der Waals surface area contributed by atoms with Crippen LogP contribution in [0.3, 0.4) is 0 Å². The lowest BCUT2D eigenvalue weighted by atomic mass is 10.2. The maximum absolute atomic E-state index is 11.9. The lowest BCUT2D eigenvalue weighted by Crippen LogP contribution is -2.41. The van der Waals surface area contributed by atoms with E-state index < -0.39 is 0 Å². The van der Waals surface area contributed by atoms with Crippen LogP contribution in [0.4, 0.5) is 0 Å². The van der Waals surface area contributed by atoms with Gasteiger partial charge in [-0.1, -0.05) is 0 Å². The monoisotopic (exact) mass is 264 g/mol. The molecule has 1 amide bonds. The molecule has 102 valence electrons. The first-order valence-electron chi connectivity index (χ1n) is 6.20.